The lowest BCUT2D eigenvalue weighted by Crippen LogP contribution is -2.41. The third-order valence-corrected chi connectivity index (χ3v) is 3.81. The van der Waals surface area contributed by atoms with Gasteiger partial charge in [-0.3, -0.25) is 0 Å². The number of ether oxygens (including phenoxy) is 1. The van der Waals surface area contributed by atoms with Crippen molar-refractivity contribution in [2.24, 2.45) is 0 Å². The Morgan fingerprint density at radius 2 is 2.00 bits per heavy atom. The normalized spacial score (nSPS) is 18.2. The highest BCUT2D eigenvalue weighted by molar-refractivity contribution is 5.41. The fraction of sp³-hybridized carbons (Fsp3) is 0.600. The van der Waals surface area contributed by atoms with Crippen LogP contribution in [0.2, 0.25) is 0 Å². The van der Waals surface area contributed by atoms with Crippen molar-refractivity contribution < 1.29 is 14.9 Å². The van der Waals surface area contributed by atoms with Crippen molar-refractivity contribution in [3.8, 4) is 11.5 Å². The van der Waals surface area contributed by atoms with E-state index in [4.69, 9.17) is 4.74 Å². The van der Waals surface area contributed by atoms with Gasteiger partial charge in [0.2, 0.25) is 0 Å². The van der Waals surface area contributed by atoms with Gasteiger partial charge in [0.05, 0.1) is 12.7 Å². The maximum atomic E-state index is 10.4. The van der Waals surface area contributed by atoms with Crippen LogP contribution in [0.25, 0.3) is 0 Å². The first-order valence-electron chi connectivity index (χ1n) is 6.92. The van der Waals surface area contributed by atoms with Gasteiger partial charge in [0.1, 0.15) is 0 Å². The number of rotatable bonds is 5. The number of methoxy groups -OCH3 is 1. The number of benzene rings is 1. The summed E-state index contributed by atoms with van der Waals surface area (Å²) in [7, 11) is 1.54. The van der Waals surface area contributed by atoms with Crippen LogP contribution in [-0.4, -0.2) is 29.5 Å². The summed E-state index contributed by atoms with van der Waals surface area (Å²) in [5.41, 5.74) is 0.494. The minimum Gasteiger partial charge on any atom is -0.504 e. The van der Waals surface area contributed by atoms with Crippen molar-refractivity contribution in [1.29, 1.82) is 0 Å². The molecule has 0 aromatic heterocycles. The zero-order chi connectivity index (χ0) is 13.7. The molecule has 0 amide bonds. The van der Waals surface area contributed by atoms with Gasteiger partial charge in [-0.25, -0.2) is 0 Å². The first kappa shape index (κ1) is 14.2. The van der Waals surface area contributed by atoms with Gasteiger partial charge in [-0.15, -0.1) is 0 Å². The highest BCUT2D eigenvalue weighted by atomic mass is 16.5. The number of aromatic hydroxyl groups is 1. The minimum atomic E-state index is -0.542. The molecule has 0 bridgehead atoms. The molecule has 0 saturated heterocycles. The smallest absolute Gasteiger partial charge is 0.160 e. The van der Waals surface area contributed by atoms with E-state index in [0.717, 1.165) is 31.2 Å². The second-order valence-corrected chi connectivity index (χ2v) is 5.39. The van der Waals surface area contributed by atoms with Crippen molar-refractivity contribution in [2.75, 3.05) is 13.7 Å². The van der Waals surface area contributed by atoms with Gasteiger partial charge in [-0.05, 0) is 30.5 Å². The Hall–Kier alpha value is -1.26. The number of nitrogens with one attached hydrogen (secondary N) is 1. The van der Waals surface area contributed by atoms with Crippen molar-refractivity contribution in [3.63, 3.8) is 0 Å². The number of phenols is 1. The molecule has 19 heavy (non-hydrogen) atoms. The van der Waals surface area contributed by atoms with Gasteiger partial charge in [0.15, 0.2) is 11.5 Å². The molecule has 0 radical (unpaired) electrons. The summed E-state index contributed by atoms with van der Waals surface area (Å²) in [6.45, 7) is 1.29. The van der Waals surface area contributed by atoms with Crippen LogP contribution in [-0.2, 0) is 6.54 Å². The minimum absolute atomic E-state index is 0.150. The molecule has 3 N–H and O–H groups in total. The fourth-order valence-electron chi connectivity index (χ4n) is 2.66. The van der Waals surface area contributed by atoms with E-state index in [1.54, 1.807) is 6.07 Å². The molecule has 2 rings (SSSR count). The number of hydrogen-bond donors (Lipinski definition) is 3. The highest BCUT2D eigenvalue weighted by Crippen LogP contribution is 2.28. The zero-order valence-corrected chi connectivity index (χ0v) is 11.5. The summed E-state index contributed by atoms with van der Waals surface area (Å²) in [4.78, 5) is 0. The monoisotopic (exact) mass is 265 g/mol. The third-order valence-electron chi connectivity index (χ3n) is 3.81. The Balaban J connectivity index is 1.85. The Morgan fingerprint density at radius 3 is 2.68 bits per heavy atom. The van der Waals surface area contributed by atoms with Crippen molar-refractivity contribution in [1.82, 2.24) is 5.32 Å². The van der Waals surface area contributed by atoms with Crippen LogP contribution in [0, 0.1) is 0 Å². The molecule has 1 aromatic carbocycles. The number of phenolic OH excluding ortho intramolecular Hbond substituents is 1. The van der Waals surface area contributed by atoms with E-state index in [1.165, 1.54) is 13.5 Å². The Bertz CT molecular complexity index is 414. The SMILES string of the molecule is COc1cc(CNCC2(O)CCCCC2)ccc1O. The van der Waals surface area contributed by atoms with Crippen molar-refractivity contribution in [2.45, 2.75) is 44.2 Å². The van der Waals surface area contributed by atoms with E-state index >= 15 is 0 Å². The van der Waals surface area contributed by atoms with Gasteiger partial charge in [0, 0.05) is 13.1 Å². The van der Waals surface area contributed by atoms with Crippen LogP contribution >= 0.6 is 0 Å². The van der Waals surface area contributed by atoms with Crippen LogP contribution in [0.3, 0.4) is 0 Å². The molecule has 0 unspecified atom stereocenters. The lowest BCUT2D eigenvalue weighted by molar-refractivity contribution is 0.00467. The highest BCUT2D eigenvalue weighted by Gasteiger charge is 2.28. The lowest BCUT2D eigenvalue weighted by Gasteiger charge is -2.32. The molecule has 0 aliphatic heterocycles. The summed E-state index contributed by atoms with van der Waals surface area (Å²) < 4.78 is 5.07. The Labute approximate surface area is 114 Å². The van der Waals surface area contributed by atoms with Gasteiger partial charge >= 0.3 is 0 Å². The Kier molecular flexibility index (Phi) is 4.66. The first-order valence-corrected chi connectivity index (χ1v) is 6.92. The van der Waals surface area contributed by atoms with E-state index in [9.17, 15) is 10.2 Å². The molecule has 1 fully saturated rings. The molecule has 1 aromatic rings. The van der Waals surface area contributed by atoms with E-state index < -0.39 is 5.60 Å². The molecule has 4 nitrogen and oxygen atoms in total. The quantitative estimate of drug-likeness (QED) is 0.763. The first-order chi connectivity index (χ1) is 9.13. The van der Waals surface area contributed by atoms with E-state index in [1.807, 2.05) is 12.1 Å². The molecule has 1 aliphatic rings. The number of aliphatic hydroxyl groups is 1. The van der Waals surface area contributed by atoms with Crippen LogP contribution in [0.4, 0.5) is 0 Å². The molecule has 0 atom stereocenters. The summed E-state index contributed by atoms with van der Waals surface area (Å²) in [5.74, 6) is 0.632. The van der Waals surface area contributed by atoms with Gasteiger partial charge in [0.25, 0.3) is 0 Å². The predicted octanol–water partition coefficient (Wildman–Crippen LogP) is 2.19. The molecule has 0 heterocycles. The largest absolute Gasteiger partial charge is 0.504 e. The predicted molar refractivity (Wildman–Crippen MR) is 74.4 cm³/mol. The molecular weight excluding hydrogens is 242 g/mol. The van der Waals surface area contributed by atoms with Gasteiger partial charge < -0.3 is 20.3 Å². The lowest BCUT2D eigenvalue weighted by atomic mass is 9.85. The molecule has 1 aliphatic carbocycles. The van der Waals surface area contributed by atoms with Crippen LogP contribution in [0.15, 0.2) is 18.2 Å². The fourth-order valence-corrected chi connectivity index (χ4v) is 2.66. The van der Waals surface area contributed by atoms with E-state index in [-0.39, 0.29) is 5.75 Å². The maximum absolute atomic E-state index is 10.4. The van der Waals surface area contributed by atoms with Gasteiger partial charge in [-0.2, -0.15) is 0 Å². The topological polar surface area (TPSA) is 61.7 Å². The molecule has 0 spiro atoms. The van der Waals surface area contributed by atoms with Crippen LogP contribution in [0.5, 0.6) is 11.5 Å². The number of hydrogen-bond acceptors (Lipinski definition) is 4. The van der Waals surface area contributed by atoms with Crippen LogP contribution < -0.4 is 10.1 Å². The Morgan fingerprint density at radius 1 is 1.26 bits per heavy atom. The molecule has 4 heteroatoms. The van der Waals surface area contributed by atoms with Crippen molar-refractivity contribution in [3.05, 3.63) is 23.8 Å². The van der Waals surface area contributed by atoms with E-state index in [2.05, 4.69) is 5.32 Å². The maximum Gasteiger partial charge on any atom is 0.160 e. The van der Waals surface area contributed by atoms with Gasteiger partial charge in [-0.1, -0.05) is 25.3 Å². The summed E-state index contributed by atoms with van der Waals surface area (Å²) >= 11 is 0. The standard InChI is InChI=1S/C15H23NO3/c1-19-14-9-12(5-6-13(14)17)10-16-11-15(18)7-3-2-4-8-15/h5-6,9,16-18H,2-4,7-8,10-11H2,1H3. The second kappa shape index (κ2) is 6.26. The average Bonchev–Trinajstić information content (AvgIpc) is 2.41. The third kappa shape index (κ3) is 3.85. The summed E-state index contributed by atoms with van der Waals surface area (Å²) in [5, 5.41) is 23.2. The summed E-state index contributed by atoms with van der Waals surface area (Å²) in [6, 6.07) is 5.30. The van der Waals surface area contributed by atoms with E-state index in [0.29, 0.717) is 18.8 Å². The summed E-state index contributed by atoms with van der Waals surface area (Å²) in [6.07, 6.45) is 5.24. The van der Waals surface area contributed by atoms with Crippen molar-refractivity contribution >= 4 is 0 Å². The second-order valence-electron chi connectivity index (χ2n) is 5.39. The molecule has 1 saturated carbocycles. The average molecular weight is 265 g/mol. The molecular formula is C15H23NO3. The molecule has 106 valence electrons. The zero-order valence-electron chi connectivity index (χ0n) is 11.5. The van der Waals surface area contributed by atoms with Crippen LogP contribution in [0.1, 0.15) is 37.7 Å².